The van der Waals surface area contributed by atoms with E-state index in [1.54, 1.807) is 6.92 Å². The van der Waals surface area contributed by atoms with Crippen LogP contribution in [0, 0.1) is 0 Å². The third-order valence-electron chi connectivity index (χ3n) is 3.32. The molecule has 1 aromatic rings. The number of nitrogens with one attached hydrogen (secondary N) is 1. The number of aliphatic imine (C=N–C) groups is 1. The first-order valence-electron chi connectivity index (χ1n) is 7.79. The summed E-state index contributed by atoms with van der Waals surface area (Å²) in [5.74, 6) is -2.30. The lowest BCUT2D eigenvalue weighted by Crippen LogP contribution is -2.19. The van der Waals surface area contributed by atoms with E-state index in [9.17, 15) is 27.6 Å². The van der Waals surface area contributed by atoms with E-state index in [2.05, 4.69) is 19.8 Å². The molecule has 1 rings (SSSR count). The number of carbonyl (C=O) groups excluding carboxylic acids is 3. The van der Waals surface area contributed by atoms with Crippen molar-refractivity contribution < 1.29 is 37.0 Å². The van der Waals surface area contributed by atoms with Crippen LogP contribution in [0.2, 0.25) is 0 Å². The van der Waals surface area contributed by atoms with Crippen molar-refractivity contribution >= 4 is 29.2 Å². The minimum absolute atomic E-state index is 0.110. The zero-order valence-electron chi connectivity index (χ0n) is 15.2. The summed E-state index contributed by atoms with van der Waals surface area (Å²) in [5, 5.41) is 2.18. The summed E-state index contributed by atoms with van der Waals surface area (Å²) in [7, 11) is 1.05. The molecule has 0 aromatic heterocycles. The van der Waals surface area contributed by atoms with Crippen LogP contribution in [-0.2, 0) is 25.2 Å². The number of anilines is 1. The smallest absolute Gasteiger partial charge is 0.417 e. The summed E-state index contributed by atoms with van der Waals surface area (Å²) in [4.78, 5) is 38.4. The molecule has 0 saturated heterocycles. The molecule has 148 valence electrons. The Hall–Kier alpha value is -2.91. The highest BCUT2D eigenvalue weighted by Crippen LogP contribution is 2.36. The van der Waals surface area contributed by atoms with Crippen LogP contribution < -0.4 is 5.32 Å². The molecule has 7 nitrogen and oxygen atoms in total. The lowest BCUT2D eigenvalue weighted by atomic mass is 9.98. The maximum absolute atomic E-state index is 13.5. The highest BCUT2D eigenvalue weighted by Gasteiger charge is 2.36. The Labute approximate surface area is 153 Å². The number of methoxy groups -OCH3 is 1. The molecule has 27 heavy (non-hydrogen) atoms. The van der Waals surface area contributed by atoms with Crippen LogP contribution >= 0.6 is 0 Å². The summed E-state index contributed by atoms with van der Waals surface area (Å²) in [6.07, 6.45) is -4.79. The SMILES string of the molecule is CCOC(=O)CN=C(C)c1cc(C(=O)OC)c(NC(C)=O)cc1C(F)(F)F. The van der Waals surface area contributed by atoms with Gasteiger partial charge < -0.3 is 14.8 Å². The fourth-order valence-electron chi connectivity index (χ4n) is 2.18. The predicted molar refractivity (Wildman–Crippen MR) is 90.8 cm³/mol. The molecule has 1 aromatic carbocycles. The Morgan fingerprint density at radius 3 is 2.26 bits per heavy atom. The fraction of sp³-hybridized carbons (Fsp3) is 0.412. The monoisotopic (exact) mass is 388 g/mol. The maximum atomic E-state index is 13.5. The van der Waals surface area contributed by atoms with Gasteiger partial charge in [-0.1, -0.05) is 0 Å². The molecule has 10 heteroatoms. The molecule has 0 fully saturated rings. The average Bonchev–Trinajstić information content (AvgIpc) is 2.57. The van der Waals surface area contributed by atoms with Gasteiger partial charge in [0.25, 0.3) is 0 Å². The zero-order chi connectivity index (χ0) is 20.8. The van der Waals surface area contributed by atoms with Crippen LogP contribution in [0.5, 0.6) is 0 Å². The third-order valence-corrected chi connectivity index (χ3v) is 3.32. The molecule has 0 spiro atoms. The van der Waals surface area contributed by atoms with E-state index < -0.39 is 41.7 Å². The molecule has 0 unspecified atom stereocenters. The van der Waals surface area contributed by atoms with Gasteiger partial charge in [-0.05, 0) is 26.0 Å². The minimum atomic E-state index is -4.79. The number of halogens is 3. The summed E-state index contributed by atoms with van der Waals surface area (Å²) in [5.41, 5.74) is -2.29. The number of nitrogens with zero attached hydrogens (tertiary/aromatic N) is 1. The van der Waals surface area contributed by atoms with Crippen molar-refractivity contribution in [1.29, 1.82) is 0 Å². The minimum Gasteiger partial charge on any atom is -0.465 e. The molecular formula is C17H19F3N2O5. The Morgan fingerprint density at radius 1 is 1.15 bits per heavy atom. The largest absolute Gasteiger partial charge is 0.465 e. The van der Waals surface area contributed by atoms with Gasteiger partial charge in [0.05, 0.1) is 30.5 Å². The van der Waals surface area contributed by atoms with E-state index in [0.29, 0.717) is 6.07 Å². The first kappa shape index (κ1) is 22.1. The van der Waals surface area contributed by atoms with Crippen LogP contribution in [-0.4, -0.2) is 43.8 Å². The Balaban J connectivity index is 3.56. The molecule has 0 aliphatic carbocycles. The molecule has 0 heterocycles. The summed E-state index contributed by atoms with van der Waals surface area (Å²) < 4.78 is 49.7. The van der Waals surface area contributed by atoms with E-state index in [1.807, 2.05) is 0 Å². The van der Waals surface area contributed by atoms with Crippen molar-refractivity contribution in [3.05, 3.63) is 28.8 Å². The third kappa shape index (κ3) is 6.08. The molecular weight excluding hydrogens is 369 g/mol. The van der Waals surface area contributed by atoms with Crippen molar-refractivity contribution in [2.24, 2.45) is 4.99 Å². The molecule has 0 atom stereocenters. The molecule has 0 saturated carbocycles. The van der Waals surface area contributed by atoms with Gasteiger partial charge in [-0.3, -0.25) is 14.6 Å². The van der Waals surface area contributed by atoms with E-state index in [-0.39, 0.29) is 23.6 Å². The summed E-state index contributed by atoms with van der Waals surface area (Å²) >= 11 is 0. The van der Waals surface area contributed by atoms with Gasteiger partial charge in [0.2, 0.25) is 5.91 Å². The van der Waals surface area contributed by atoms with Crippen molar-refractivity contribution in [2.45, 2.75) is 26.9 Å². The zero-order valence-corrected chi connectivity index (χ0v) is 15.2. The summed E-state index contributed by atoms with van der Waals surface area (Å²) in [6.45, 7) is 3.58. The van der Waals surface area contributed by atoms with Gasteiger partial charge in [-0.25, -0.2) is 4.79 Å². The van der Waals surface area contributed by atoms with Crippen molar-refractivity contribution in [2.75, 3.05) is 25.6 Å². The van der Waals surface area contributed by atoms with E-state index in [0.717, 1.165) is 20.1 Å². The topological polar surface area (TPSA) is 94.1 Å². The number of amides is 1. The van der Waals surface area contributed by atoms with E-state index in [1.165, 1.54) is 6.92 Å². The highest BCUT2D eigenvalue weighted by molar-refractivity contribution is 6.07. The van der Waals surface area contributed by atoms with Crippen molar-refractivity contribution in [1.82, 2.24) is 0 Å². The van der Waals surface area contributed by atoms with Gasteiger partial charge in [0.1, 0.15) is 6.54 Å². The van der Waals surface area contributed by atoms with Crippen LogP contribution in [0.3, 0.4) is 0 Å². The predicted octanol–water partition coefficient (Wildman–Crippen LogP) is 2.82. The second-order valence-electron chi connectivity index (χ2n) is 5.32. The van der Waals surface area contributed by atoms with Crippen LogP contribution in [0.25, 0.3) is 0 Å². The lowest BCUT2D eigenvalue weighted by molar-refractivity contribution is -0.141. The van der Waals surface area contributed by atoms with Gasteiger partial charge in [0, 0.05) is 18.2 Å². The first-order chi connectivity index (χ1) is 12.5. The quantitative estimate of drug-likeness (QED) is 0.597. The van der Waals surface area contributed by atoms with Gasteiger partial charge >= 0.3 is 18.1 Å². The van der Waals surface area contributed by atoms with Gasteiger partial charge in [-0.15, -0.1) is 0 Å². The Bertz CT molecular complexity index is 773. The van der Waals surface area contributed by atoms with Crippen molar-refractivity contribution in [3.8, 4) is 0 Å². The number of benzene rings is 1. The second-order valence-corrected chi connectivity index (χ2v) is 5.32. The van der Waals surface area contributed by atoms with E-state index in [4.69, 9.17) is 0 Å². The molecule has 1 N–H and O–H groups in total. The number of alkyl halides is 3. The maximum Gasteiger partial charge on any atom is 0.417 e. The number of ether oxygens (including phenoxy) is 2. The van der Waals surface area contributed by atoms with Crippen LogP contribution in [0.15, 0.2) is 17.1 Å². The van der Waals surface area contributed by atoms with Crippen LogP contribution in [0.1, 0.15) is 42.3 Å². The highest BCUT2D eigenvalue weighted by atomic mass is 19.4. The number of esters is 2. The average molecular weight is 388 g/mol. The second kappa shape index (κ2) is 9.15. The number of rotatable bonds is 6. The fourth-order valence-corrected chi connectivity index (χ4v) is 2.18. The number of hydrogen-bond acceptors (Lipinski definition) is 6. The molecule has 0 bridgehead atoms. The summed E-state index contributed by atoms with van der Waals surface area (Å²) in [6, 6.07) is 1.55. The molecule has 1 amide bonds. The lowest BCUT2D eigenvalue weighted by Gasteiger charge is -2.17. The Morgan fingerprint density at radius 2 is 1.78 bits per heavy atom. The van der Waals surface area contributed by atoms with E-state index >= 15 is 0 Å². The standard InChI is InChI=1S/C17H19F3N2O5/c1-5-27-15(24)8-21-9(2)11-6-12(16(25)26-4)14(22-10(3)23)7-13(11)17(18,19)20/h6-7H,5,8H2,1-4H3,(H,22,23). The van der Waals surface area contributed by atoms with Gasteiger partial charge in [0.15, 0.2) is 0 Å². The van der Waals surface area contributed by atoms with Crippen LogP contribution in [0.4, 0.5) is 18.9 Å². The normalized spacial score (nSPS) is 11.7. The number of carbonyl (C=O) groups is 3. The number of hydrogen-bond donors (Lipinski definition) is 1. The Kier molecular flexibility index (Phi) is 7.50. The first-order valence-corrected chi connectivity index (χ1v) is 7.79. The van der Waals surface area contributed by atoms with Gasteiger partial charge in [-0.2, -0.15) is 13.2 Å². The molecule has 0 aliphatic heterocycles. The molecule has 0 aliphatic rings. The molecule has 0 radical (unpaired) electrons. The van der Waals surface area contributed by atoms with Crippen molar-refractivity contribution in [3.63, 3.8) is 0 Å².